The molecule has 0 bridgehead atoms. The Bertz CT molecular complexity index is 1160. The van der Waals surface area contributed by atoms with Gasteiger partial charge in [0.05, 0.1) is 21.2 Å². The lowest BCUT2D eigenvalue weighted by Gasteiger charge is -2.08. The first kappa shape index (κ1) is 18.3. The lowest BCUT2D eigenvalue weighted by Crippen LogP contribution is -2.16. The molecule has 0 aliphatic rings. The largest absolute Gasteiger partial charge is 0.283 e. The van der Waals surface area contributed by atoms with Crippen LogP contribution in [0.3, 0.4) is 0 Å². The molecule has 8 heteroatoms. The van der Waals surface area contributed by atoms with Crippen LogP contribution in [0.4, 0.5) is 0 Å². The van der Waals surface area contributed by atoms with E-state index < -0.39 is 19.9 Å². The van der Waals surface area contributed by atoms with Crippen LogP contribution in [0, 0.1) is 20.8 Å². The molecule has 0 unspecified atom stereocenters. The van der Waals surface area contributed by atoms with Crippen LogP contribution >= 0.6 is 0 Å². The van der Waals surface area contributed by atoms with Crippen LogP contribution in [-0.4, -0.2) is 26.0 Å². The quantitative estimate of drug-likeness (QED) is 0.684. The van der Waals surface area contributed by atoms with Gasteiger partial charge in [0, 0.05) is 0 Å². The second kappa shape index (κ2) is 6.37. The average Bonchev–Trinajstić information content (AvgIpc) is 2.92. The third-order valence-electron chi connectivity index (χ3n) is 4.05. The molecule has 0 aliphatic heterocycles. The lowest BCUT2D eigenvalue weighted by atomic mass is 10.2. The molecule has 1 heterocycles. The molecule has 0 saturated heterocycles. The minimum Gasteiger partial charge on any atom is -0.218 e. The number of sulfone groups is 1. The zero-order valence-electron chi connectivity index (χ0n) is 14.5. The highest BCUT2D eigenvalue weighted by Gasteiger charge is 2.30. The minimum absolute atomic E-state index is 0.0531. The summed E-state index contributed by atoms with van der Waals surface area (Å²) in [5.74, 6) is 0. The van der Waals surface area contributed by atoms with Crippen molar-refractivity contribution in [1.29, 1.82) is 0 Å². The van der Waals surface area contributed by atoms with Gasteiger partial charge in [0.2, 0.25) is 9.84 Å². The third-order valence-corrected chi connectivity index (χ3v) is 7.75. The van der Waals surface area contributed by atoms with Crippen molar-refractivity contribution in [2.45, 2.75) is 35.5 Å². The van der Waals surface area contributed by atoms with Crippen molar-refractivity contribution in [1.82, 2.24) is 9.19 Å². The van der Waals surface area contributed by atoms with E-state index in [2.05, 4.69) is 5.10 Å². The van der Waals surface area contributed by atoms with Crippen molar-refractivity contribution in [2.24, 2.45) is 0 Å². The highest BCUT2D eigenvalue weighted by atomic mass is 32.2. The van der Waals surface area contributed by atoms with E-state index in [1.54, 1.807) is 30.3 Å². The molecular weight excluding hydrogens is 372 g/mol. The van der Waals surface area contributed by atoms with Crippen LogP contribution < -0.4 is 0 Å². The maximum absolute atomic E-state index is 12.9. The molecule has 0 atom stereocenters. The molecule has 0 amide bonds. The van der Waals surface area contributed by atoms with Gasteiger partial charge in [-0.05, 0) is 45.0 Å². The molecule has 6 nitrogen and oxygen atoms in total. The Balaban J connectivity index is 2.20. The first-order valence-corrected chi connectivity index (χ1v) is 10.8. The Kier molecular flexibility index (Phi) is 4.49. The molecule has 3 aromatic rings. The van der Waals surface area contributed by atoms with E-state index in [0.29, 0.717) is 0 Å². The summed E-state index contributed by atoms with van der Waals surface area (Å²) in [6.07, 6.45) is 0. The number of hydrogen-bond acceptors (Lipinski definition) is 5. The number of benzene rings is 2. The van der Waals surface area contributed by atoms with Crippen molar-refractivity contribution < 1.29 is 16.8 Å². The molecule has 0 N–H and O–H groups in total. The second-order valence-electron chi connectivity index (χ2n) is 5.98. The Morgan fingerprint density at radius 2 is 1.35 bits per heavy atom. The van der Waals surface area contributed by atoms with Gasteiger partial charge in [-0.15, -0.1) is 0 Å². The van der Waals surface area contributed by atoms with Gasteiger partial charge in [-0.1, -0.05) is 35.9 Å². The molecule has 0 fully saturated rings. The van der Waals surface area contributed by atoms with Crippen LogP contribution in [-0.2, 0) is 19.9 Å². The predicted octanol–water partition coefficient (Wildman–Crippen LogP) is 2.88. The zero-order valence-corrected chi connectivity index (χ0v) is 16.2. The fourth-order valence-electron chi connectivity index (χ4n) is 2.76. The summed E-state index contributed by atoms with van der Waals surface area (Å²) in [4.78, 5) is 0.0650. The predicted molar refractivity (Wildman–Crippen MR) is 97.4 cm³/mol. The highest BCUT2D eigenvalue weighted by molar-refractivity contribution is 7.92. The molecule has 2 aromatic carbocycles. The Morgan fingerprint density at radius 3 is 1.92 bits per heavy atom. The first-order chi connectivity index (χ1) is 12.2. The Hall–Kier alpha value is -2.45. The summed E-state index contributed by atoms with van der Waals surface area (Å²) in [7, 11) is -7.87. The maximum Gasteiger partial charge on any atom is 0.283 e. The Morgan fingerprint density at radius 1 is 0.769 bits per heavy atom. The fraction of sp³-hybridized carbons (Fsp3) is 0.167. The van der Waals surface area contributed by atoms with Crippen molar-refractivity contribution >= 4 is 19.9 Å². The smallest absolute Gasteiger partial charge is 0.218 e. The van der Waals surface area contributed by atoms with E-state index >= 15 is 0 Å². The number of rotatable bonds is 4. The topological polar surface area (TPSA) is 86.1 Å². The van der Waals surface area contributed by atoms with Crippen molar-refractivity contribution in [3.8, 4) is 0 Å². The molecule has 136 valence electrons. The summed E-state index contributed by atoms with van der Waals surface area (Å²) in [5.41, 5.74) is 1.12. The summed E-state index contributed by atoms with van der Waals surface area (Å²) < 4.78 is 52.5. The number of nitrogens with zero attached hydrogens (tertiary/aromatic N) is 2. The van der Waals surface area contributed by atoms with Crippen LogP contribution in [0.25, 0.3) is 0 Å². The first-order valence-electron chi connectivity index (χ1n) is 7.84. The van der Waals surface area contributed by atoms with Gasteiger partial charge in [0.25, 0.3) is 10.0 Å². The molecule has 3 rings (SSSR count). The van der Waals surface area contributed by atoms with Gasteiger partial charge in [-0.25, -0.2) is 8.42 Å². The van der Waals surface area contributed by atoms with Crippen LogP contribution in [0.2, 0.25) is 0 Å². The van der Waals surface area contributed by atoms with Gasteiger partial charge in [0.15, 0.2) is 0 Å². The Labute approximate surface area is 153 Å². The van der Waals surface area contributed by atoms with Gasteiger partial charge in [-0.3, -0.25) is 0 Å². The van der Waals surface area contributed by atoms with Crippen molar-refractivity contribution in [3.63, 3.8) is 0 Å². The fourth-order valence-corrected chi connectivity index (χ4v) is 5.83. The van der Waals surface area contributed by atoms with Gasteiger partial charge in [-0.2, -0.15) is 17.6 Å². The molecule has 1 aromatic heterocycles. The molecule has 0 saturated carbocycles. The summed E-state index contributed by atoms with van der Waals surface area (Å²) >= 11 is 0. The molecule has 0 radical (unpaired) electrons. The molecular formula is C18H18N2O4S2. The van der Waals surface area contributed by atoms with Crippen molar-refractivity contribution in [3.05, 3.63) is 71.5 Å². The van der Waals surface area contributed by atoms with Gasteiger partial charge < -0.3 is 0 Å². The number of aryl methyl sites for hydroxylation is 2. The van der Waals surface area contributed by atoms with E-state index in [4.69, 9.17) is 0 Å². The standard InChI is InChI=1S/C18H18N2O4S2/c1-13-9-11-17(12-10-13)26(23,24)20-15(3)18(14(2)19-20)25(21,22)16-7-5-4-6-8-16/h4-12H,1-3H3. The van der Waals surface area contributed by atoms with E-state index in [0.717, 1.165) is 9.65 Å². The van der Waals surface area contributed by atoms with Crippen molar-refractivity contribution in [2.75, 3.05) is 0 Å². The van der Waals surface area contributed by atoms with E-state index in [-0.39, 0.29) is 26.1 Å². The molecule has 0 spiro atoms. The minimum atomic E-state index is -3.99. The van der Waals surface area contributed by atoms with Crippen LogP contribution in [0.5, 0.6) is 0 Å². The van der Waals surface area contributed by atoms with Crippen LogP contribution in [0.15, 0.2) is 69.3 Å². The van der Waals surface area contributed by atoms with Gasteiger partial charge in [0.1, 0.15) is 4.90 Å². The maximum atomic E-state index is 12.9. The monoisotopic (exact) mass is 390 g/mol. The summed E-state index contributed by atoms with van der Waals surface area (Å²) in [6.45, 7) is 4.79. The molecule has 26 heavy (non-hydrogen) atoms. The third kappa shape index (κ3) is 2.95. The SMILES string of the molecule is Cc1ccc(S(=O)(=O)n2nc(C)c(S(=O)(=O)c3ccccc3)c2C)cc1. The van der Waals surface area contributed by atoms with E-state index in [1.807, 2.05) is 6.92 Å². The number of aromatic nitrogens is 2. The van der Waals surface area contributed by atoms with Gasteiger partial charge >= 0.3 is 0 Å². The highest BCUT2D eigenvalue weighted by Crippen LogP contribution is 2.28. The lowest BCUT2D eigenvalue weighted by molar-refractivity contribution is 0.577. The summed E-state index contributed by atoms with van der Waals surface area (Å²) in [6, 6.07) is 14.2. The summed E-state index contributed by atoms with van der Waals surface area (Å²) in [5, 5.41) is 4.02. The second-order valence-corrected chi connectivity index (χ2v) is 9.63. The zero-order chi connectivity index (χ0) is 19.1. The molecule has 0 aliphatic carbocycles. The number of hydrogen-bond donors (Lipinski definition) is 0. The van der Waals surface area contributed by atoms with E-state index in [1.165, 1.54) is 38.1 Å². The normalized spacial score (nSPS) is 12.3. The average molecular weight is 390 g/mol. The van der Waals surface area contributed by atoms with Crippen LogP contribution in [0.1, 0.15) is 17.0 Å². The van der Waals surface area contributed by atoms with E-state index in [9.17, 15) is 16.8 Å².